The molecule has 7 nitrogen and oxygen atoms in total. The van der Waals surface area contributed by atoms with Gasteiger partial charge in [-0.05, 0) is 6.92 Å². The van der Waals surface area contributed by atoms with E-state index in [1.54, 1.807) is 18.5 Å². The Labute approximate surface area is 103 Å². The van der Waals surface area contributed by atoms with E-state index < -0.39 is 5.91 Å². The van der Waals surface area contributed by atoms with Gasteiger partial charge < -0.3 is 16.2 Å². The molecule has 0 aliphatic rings. The zero-order valence-corrected chi connectivity index (χ0v) is 9.83. The van der Waals surface area contributed by atoms with Crippen LogP contribution >= 0.6 is 0 Å². The molecular formula is C11H13N5O2. The van der Waals surface area contributed by atoms with Crippen LogP contribution in [-0.2, 0) is 0 Å². The number of hydrogen-bond donors (Lipinski definition) is 2. The number of aromatic nitrogens is 3. The third kappa shape index (κ3) is 2.24. The lowest BCUT2D eigenvalue weighted by Crippen LogP contribution is -2.14. The summed E-state index contributed by atoms with van der Waals surface area (Å²) in [5.74, 6) is -0.0510. The van der Waals surface area contributed by atoms with Crippen molar-refractivity contribution in [3.63, 3.8) is 0 Å². The molecule has 2 aromatic rings. The average Bonchev–Trinajstić information content (AvgIpc) is 2.72. The van der Waals surface area contributed by atoms with Gasteiger partial charge in [-0.25, -0.2) is 4.68 Å². The van der Waals surface area contributed by atoms with Gasteiger partial charge in [-0.3, -0.25) is 9.78 Å². The van der Waals surface area contributed by atoms with Crippen LogP contribution < -0.4 is 16.2 Å². The Morgan fingerprint density at radius 1 is 1.50 bits per heavy atom. The lowest BCUT2D eigenvalue weighted by atomic mass is 10.4. The van der Waals surface area contributed by atoms with Crippen molar-refractivity contribution >= 4 is 11.6 Å². The number of anilines is 1. The number of carbonyl (C=O) groups is 1. The molecule has 18 heavy (non-hydrogen) atoms. The average molecular weight is 247 g/mol. The molecule has 0 atom stereocenters. The highest BCUT2D eigenvalue weighted by Crippen LogP contribution is 2.17. The predicted molar refractivity (Wildman–Crippen MR) is 65.5 cm³/mol. The summed E-state index contributed by atoms with van der Waals surface area (Å²) < 4.78 is 6.76. The maximum atomic E-state index is 11.1. The predicted octanol–water partition coefficient (Wildman–Crippen LogP) is 0.347. The molecule has 4 N–H and O–H groups in total. The second-order valence-corrected chi connectivity index (χ2v) is 3.55. The summed E-state index contributed by atoms with van der Waals surface area (Å²) in [6.07, 6.45) is 4.68. The maximum Gasteiger partial charge on any atom is 0.271 e. The third-order valence-corrected chi connectivity index (χ3v) is 2.25. The monoisotopic (exact) mass is 247 g/mol. The van der Waals surface area contributed by atoms with Crippen molar-refractivity contribution in [1.29, 1.82) is 0 Å². The highest BCUT2D eigenvalue weighted by molar-refractivity contribution is 5.95. The van der Waals surface area contributed by atoms with Crippen molar-refractivity contribution in [3.05, 3.63) is 30.4 Å². The number of pyridine rings is 1. The topological polar surface area (TPSA) is 109 Å². The molecule has 0 radical (unpaired) electrons. The van der Waals surface area contributed by atoms with E-state index in [-0.39, 0.29) is 11.4 Å². The van der Waals surface area contributed by atoms with Crippen molar-refractivity contribution in [2.75, 3.05) is 12.3 Å². The number of hydrogen-bond acceptors (Lipinski definition) is 5. The second-order valence-electron chi connectivity index (χ2n) is 3.55. The molecule has 2 rings (SSSR count). The van der Waals surface area contributed by atoms with E-state index in [0.29, 0.717) is 18.0 Å². The number of ether oxygens (including phenoxy) is 1. The molecule has 0 spiro atoms. The molecule has 0 aliphatic carbocycles. The molecule has 7 heteroatoms. The first-order valence-corrected chi connectivity index (χ1v) is 5.35. The summed E-state index contributed by atoms with van der Waals surface area (Å²) in [5, 5.41) is 4.00. The van der Waals surface area contributed by atoms with Crippen molar-refractivity contribution in [2.45, 2.75) is 6.92 Å². The van der Waals surface area contributed by atoms with E-state index in [4.69, 9.17) is 16.2 Å². The minimum absolute atomic E-state index is 0.0387. The fraction of sp³-hybridized carbons (Fsp3) is 0.182. The van der Waals surface area contributed by atoms with Gasteiger partial charge >= 0.3 is 0 Å². The molecule has 94 valence electrons. The van der Waals surface area contributed by atoms with Gasteiger partial charge in [0.2, 0.25) is 0 Å². The number of nitrogens with two attached hydrogens (primary N) is 2. The Morgan fingerprint density at radius 3 is 2.89 bits per heavy atom. The third-order valence-electron chi connectivity index (χ3n) is 2.25. The zero-order chi connectivity index (χ0) is 13.1. The Kier molecular flexibility index (Phi) is 3.13. The van der Waals surface area contributed by atoms with Crippen LogP contribution in [0, 0.1) is 0 Å². The van der Waals surface area contributed by atoms with E-state index in [2.05, 4.69) is 10.1 Å². The lowest BCUT2D eigenvalue weighted by Gasteiger charge is -2.04. The van der Waals surface area contributed by atoms with Crippen LogP contribution in [0.2, 0.25) is 0 Å². The van der Waals surface area contributed by atoms with Crippen molar-refractivity contribution < 1.29 is 9.53 Å². The number of amides is 1. The van der Waals surface area contributed by atoms with Gasteiger partial charge in [-0.1, -0.05) is 0 Å². The van der Waals surface area contributed by atoms with Crippen molar-refractivity contribution in [3.8, 4) is 11.4 Å². The van der Waals surface area contributed by atoms with Crippen LogP contribution in [0.1, 0.15) is 17.4 Å². The Morgan fingerprint density at radius 2 is 2.28 bits per heavy atom. The largest absolute Gasteiger partial charge is 0.492 e. The number of rotatable bonds is 4. The van der Waals surface area contributed by atoms with Crippen LogP contribution in [-0.4, -0.2) is 27.3 Å². The summed E-state index contributed by atoms with van der Waals surface area (Å²) in [7, 11) is 0. The summed E-state index contributed by atoms with van der Waals surface area (Å²) in [6, 6.07) is 1.74. The minimum Gasteiger partial charge on any atom is -0.492 e. The molecule has 1 amide bonds. The second kappa shape index (κ2) is 4.74. The smallest absolute Gasteiger partial charge is 0.271 e. The summed E-state index contributed by atoms with van der Waals surface area (Å²) >= 11 is 0. The van der Waals surface area contributed by atoms with E-state index in [1.807, 2.05) is 6.92 Å². The van der Waals surface area contributed by atoms with E-state index in [0.717, 1.165) is 0 Å². The van der Waals surface area contributed by atoms with Crippen LogP contribution in [0.25, 0.3) is 5.69 Å². The standard InChI is InChI=1S/C11H13N5O2/c1-2-18-8-3-7(4-14-5-8)16-6-9(12)10(15-16)11(13)17/h3-6H,2,12H2,1H3,(H2,13,17). The molecule has 0 saturated carbocycles. The van der Waals surface area contributed by atoms with E-state index in [9.17, 15) is 4.79 Å². The van der Waals surface area contributed by atoms with Crippen LogP contribution in [0.3, 0.4) is 0 Å². The SMILES string of the molecule is CCOc1cncc(-n2cc(N)c(C(N)=O)n2)c1. The van der Waals surface area contributed by atoms with E-state index in [1.165, 1.54) is 10.9 Å². The fourth-order valence-corrected chi connectivity index (χ4v) is 1.49. The molecule has 0 aliphatic heterocycles. The van der Waals surface area contributed by atoms with Gasteiger partial charge in [0.1, 0.15) is 5.75 Å². The number of primary amides is 1. The maximum absolute atomic E-state index is 11.1. The molecular weight excluding hydrogens is 234 g/mol. The lowest BCUT2D eigenvalue weighted by molar-refractivity contribution is 0.0996. The summed E-state index contributed by atoms with van der Waals surface area (Å²) in [6.45, 7) is 2.42. The van der Waals surface area contributed by atoms with Gasteiger partial charge in [0.15, 0.2) is 5.69 Å². The summed E-state index contributed by atoms with van der Waals surface area (Å²) in [5.41, 5.74) is 11.7. The number of carbonyl (C=O) groups excluding carboxylic acids is 1. The van der Waals surface area contributed by atoms with Crippen molar-refractivity contribution in [1.82, 2.24) is 14.8 Å². The summed E-state index contributed by atoms with van der Waals surface area (Å²) in [4.78, 5) is 15.1. The molecule has 0 aromatic carbocycles. The fourth-order valence-electron chi connectivity index (χ4n) is 1.49. The molecule has 0 unspecified atom stereocenters. The number of nitrogen functional groups attached to an aromatic ring is 1. The van der Waals surface area contributed by atoms with Gasteiger partial charge in [0.25, 0.3) is 5.91 Å². The van der Waals surface area contributed by atoms with Gasteiger partial charge in [0, 0.05) is 6.07 Å². The molecule has 0 saturated heterocycles. The molecule has 2 aromatic heterocycles. The Hall–Kier alpha value is -2.57. The molecule has 2 heterocycles. The van der Waals surface area contributed by atoms with Gasteiger partial charge in [-0.15, -0.1) is 0 Å². The first-order chi connectivity index (χ1) is 8.61. The molecule has 0 fully saturated rings. The van der Waals surface area contributed by atoms with Gasteiger partial charge in [0.05, 0.1) is 36.6 Å². The highest BCUT2D eigenvalue weighted by Gasteiger charge is 2.12. The van der Waals surface area contributed by atoms with Gasteiger partial charge in [-0.2, -0.15) is 5.10 Å². The normalized spacial score (nSPS) is 10.3. The zero-order valence-electron chi connectivity index (χ0n) is 9.83. The molecule has 0 bridgehead atoms. The van der Waals surface area contributed by atoms with Crippen LogP contribution in [0.4, 0.5) is 5.69 Å². The first kappa shape index (κ1) is 11.9. The Bertz CT molecular complexity index is 579. The first-order valence-electron chi connectivity index (χ1n) is 5.35. The Balaban J connectivity index is 2.39. The number of nitrogens with zero attached hydrogens (tertiary/aromatic N) is 3. The van der Waals surface area contributed by atoms with E-state index >= 15 is 0 Å². The van der Waals surface area contributed by atoms with Crippen molar-refractivity contribution in [2.24, 2.45) is 5.73 Å². The van der Waals surface area contributed by atoms with Crippen LogP contribution in [0.15, 0.2) is 24.7 Å². The minimum atomic E-state index is -0.667. The van der Waals surface area contributed by atoms with Crippen LogP contribution in [0.5, 0.6) is 5.75 Å². The highest BCUT2D eigenvalue weighted by atomic mass is 16.5. The quantitative estimate of drug-likeness (QED) is 0.810.